The van der Waals surface area contributed by atoms with Crippen molar-refractivity contribution in [3.05, 3.63) is 83.9 Å². The smallest absolute Gasteiger partial charge is 0.335 e. The van der Waals surface area contributed by atoms with Crippen LogP contribution in [0.2, 0.25) is 0 Å². The van der Waals surface area contributed by atoms with Gasteiger partial charge in [-0.05, 0) is 48.5 Å². The van der Waals surface area contributed by atoms with Gasteiger partial charge in [0.1, 0.15) is 11.5 Å². The molecule has 6 heteroatoms. The van der Waals surface area contributed by atoms with Crippen molar-refractivity contribution in [2.24, 2.45) is 0 Å². The first-order valence-electron chi connectivity index (χ1n) is 8.13. The molecule has 0 aliphatic rings. The zero-order valence-electron chi connectivity index (χ0n) is 14.5. The van der Waals surface area contributed by atoms with E-state index < -0.39 is 5.97 Å². The molecule has 0 unspecified atom stereocenters. The van der Waals surface area contributed by atoms with Crippen LogP contribution in [-0.2, 0) is 0 Å². The third-order valence-electron chi connectivity index (χ3n) is 3.82. The molecule has 27 heavy (non-hydrogen) atoms. The Kier molecular flexibility index (Phi) is 5.37. The average molecular weight is 363 g/mol. The molecule has 0 saturated heterocycles. The molecular formula is C21H17NO5. The summed E-state index contributed by atoms with van der Waals surface area (Å²) in [6, 6.07) is 19.9. The molecule has 0 radical (unpaired) electrons. The third-order valence-corrected chi connectivity index (χ3v) is 3.82. The summed E-state index contributed by atoms with van der Waals surface area (Å²) in [4.78, 5) is 23.5. The molecule has 3 rings (SSSR count). The number of anilines is 1. The summed E-state index contributed by atoms with van der Waals surface area (Å²) in [5.41, 5.74) is 1.05. The van der Waals surface area contributed by atoms with E-state index in [-0.39, 0.29) is 11.5 Å². The second kappa shape index (κ2) is 8.05. The molecule has 0 fully saturated rings. The molecule has 3 aromatic rings. The van der Waals surface area contributed by atoms with Gasteiger partial charge in [-0.15, -0.1) is 0 Å². The number of carboxylic acids is 1. The lowest BCUT2D eigenvalue weighted by Crippen LogP contribution is -2.13. The molecule has 0 atom stereocenters. The largest absolute Gasteiger partial charge is 0.496 e. The van der Waals surface area contributed by atoms with E-state index in [1.807, 2.05) is 0 Å². The molecule has 0 spiro atoms. The second-order valence-electron chi connectivity index (χ2n) is 5.58. The lowest BCUT2D eigenvalue weighted by molar-refractivity contribution is 0.0696. The average Bonchev–Trinajstić information content (AvgIpc) is 2.69. The fraction of sp³-hybridized carbons (Fsp3) is 0.0476. The van der Waals surface area contributed by atoms with Crippen LogP contribution in [0.5, 0.6) is 17.2 Å². The van der Waals surface area contributed by atoms with E-state index >= 15 is 0 Å². The van der Waals surface area contributed by atoms with Gasteiger partial charge in [0.2, 0.25) is 0 Å². The number of aromatic carboxylic acids is 1. The number of nitrogens with one attached hydrogen (secondary N) is 1. The summed E-state index contributed by atoms with van der Waals surface area (Å²) < 4.78 is 11.0. The number of carbonyl (C=O) groups is 2. The molecule has 2 N–H and O–H groups in total. The molecule has 0 aliphatic carbocycles. The number of benzene rings is 3. The molecule has 0 saturated carbocycles. The molecular weight excluding hydrogens is 346 g/mol. The number of amides is 1. The third kappa shape index (κ3) is 4.24. The van der Waals surface area contributed by atoms with Gasteiger partial charge in [-0.3, -0.25) is 4.79 Å². The van der Waals surface area contributed by atoms with Crippen molar-refractivity contribution in [1.82, 2.24) is 0 Å². The van der Waals surface area contributed by atoms with Crippen LogP contribution in [0.15, 0.2) is 72.8 Å². The van der Waals surface area contributed by atoms with Gasteiger partial charge in [-0.25, -0.2) is 4.79 Å². The van der Waals surface area contributed by atoms with Crippen molar-refractivity contribution >= 4 is 17.6 Å². The van der Waals surface area contributed by atoms with Gasteiger partial charge in [-0.1, -0.05) is 24.3 Å². The van der Waals surface area contributed by atoms with Crippen molar-refractivity contribution in [3.8, 4) is 17.2 Å². The Balaban J connectivity index is 1.81. The maximum absolute atomic E-state index is 12.6. The number of rotatable bonds is 6. The van der Waals surface area contributed by atoms with Crippen molar-refractivity contribution in [2.75, 3.05) is 12.4 Å². The normalized spacial score (nSPS) is 10.1. The zero-order valence-corrected chi connectivity index (χ0v) is 14.5. The monoisotopic (exact) mass is 363 g/mol. The van der Waals surface area contributed by atoms with Crippen LogP contribution in [-0.4, -0.2) is 24.1 Å². The van der Waals surface area contributed by atoms with Gasteiger partial charge in [0.15, 0.2) is 5.75 Å². The molecule has 0 aromatic heterocycles. The molecule has 1 amide bonds. The van der Waals surface area contributed by atoms with E-state index in [0.29, 0.717) is 28.5 Å². The highest BCUT2D eigenvalue weighted by atomic mass is 16.5. The first kappa shape index (κ1) is 18.0. The Labute approximate surface area is 156 Å². The number of carboxylic acid groups (broad SMARTS) is 1. The van der Waals surface area contributed by atoms with Crippen LogP contribution in [0.1, 0.15) is 20.7 Å². The first-order chi connectivity index (χ1) is 13.1. The Morgan fingerprint density at radius 1 is 0.852 bits per heavy atom. The molecule has 6 nitrogen and oxygen atoms in total. The quantitative estimate of drug-likeness (QED) is 0.676. The van der Waals surface area contributed by atoms with Crippen molar-refractivity contribution in [3.63, 3.8) is 0 Å². The van der Waals surface area contributed by atoms with Gasteiger partial charge >= 0.3 is 5.97 Å². The summed E-state index contributed by atoms with van der Waals surface area (Å²) in [6.07, 6.45) is 0. The van der Waals surface area contributed by atoms with Gasteiger partial charge in [0.05, 0.1) is 23.9 Å². The lowest BCUT2D eigenvalue weighted by atomic mass is 10.1. The molecule has 0 aliphatic heterocycles. The van der Waals surface area contributed by atoms with E-state index in [1.165, 1.54) is 19.2 Å². The number of para-hydroxylation sites is 3. The number of hydrogen-bond donors (Lipinski definition) is 2. The Morgan fingerprint density at radius 3 is 2.15 bits per heavy atom. The van der Waals surface area contributed by atoms with Gasteiger partial charge in [0.25, 0.3) is 5.91 Å². The van der Waals surface area contributed by atoms with E-state index in [2.05, 4.69) is 5.32 Å². The molecule has 0 heterocycles. The number of ether oxygens (including phenoxy) is 2. The summed E-state index contributed by atoms with van der Waals surface area (Å²) in [6.45, 7) is 0. The Morgan fingerprint density at radius 2 is 1.48 bits per heavy atom. The summed E-state index contributed by atoms with van der Waals surface area (Å²) in [7, 11) is 1.50. The van der Waals surface area contributed by atoms with E-state index in [0.717, 1.165) is 0 Å². The van der Waals surface area contributed by atoms with E-state index in [9.17, 15) is 9.59 Å². The Bertz CT molecular complexity index is 966. The highest BCUT2D eigenvalue weighted by Crippen LogP contribution is 2.30. The number of methoxy groups -OCH3 is 1. The van der Waals surface area contributed by atoms with Crippen molar-refractivity contribution in [1.29, 1.82) is 0 Å². The van der Waals surface area contributed by atoms with Gasteiger partial charge < -0.3 is 19.9 Å². The minimum atomic E-state index is -1.01. The van der Waals surface area contributed by atoms with Crippen LogP contribution in [0.4, 0.5) is 5.69 Å². The van der Waals surface area contributed by atoms with Crippen molar-refractivity contribution < 1.29 is 24.2 Å². The van der Waals surface area contributed by atoms with Crippen LogP contribution >= 0.6 is 0 Å². The minimum Gasteiger partial charge on any atom is -0.496 e. The van der Waals surface area contributed by atoms with Crippen LogP contribution in [0.25, 0.3) is 0 Å². The lowest BCUT2D eigenvalue weighted by Gasteiger charge is -2.13. The molecule has 136 valence electrons. The van der Waals surface area contributed by atoms with Crippen LogP contribution < -0.4 is 14.8 Å². The van der Waals surface area contributed by atoms with E-state index in [1.54, 1.807) is 60.7 Å². The fourth-order valence-corrected chi connectivity index (χ4v) is 2.47. The highest BCUT2D eigenvalue weighted by molar-refractivity contribution is 6.06. The van der Waals surface area contributed by atoms with Crippen LogP contribution in [0, 0.1) is 0 Å². The Hall–Kier alpha value is -3.80. The second-order valence-corrected chi connectivity index (χ2v) is 5.58. The SMILES string of the molecule is COc1ccccc1C(=O)Nc1ccccc1Oc1ccc(C(=O)O)cc1. The number of hydrogen-bond acceptors (Lipinski definition) is 4. The summed E-state index contributed by atoms with van der Waals surface area (Å²) in [5.74, 6) is 0.0243. The summed E-state index contributed by atoms with van der Waals surface area (Å²) in [5, 5.41) is 11.8. The minimum absolute atomic E-state index is 0.167. The zero-order chi connectivity index (χ0) is 19.2. The van der Waals surface area contributed by atoms with E-state index in [4.69, 9.17) is 14.6 Å². The fourth-order valence-electron chi connectivity index (χ4n) is 2.47. The van der Waals surface area contributed by atoms with Gasteiger partial charge in [0, 0.05) is 0 Å². The predicted molar refractivity (Wildman–Crippen MR) is 101 cm³/mol. The first-order valence-corrected chi connectivity index (χ1v) is 8.13. The standard InChI is InChI=1S/C21H17NO5/c1-26-18-8-4-2-6-16(18)20(23)22-17-7-3-5-9-19(17)27-15-12-10-14(11-13-15)21(24)25/h2-13H,1H3,(H,22,23)(H,24,25). The predicted octanol–water partition coefficient (Wildman–Crippen LogP) is 4.44. The van der Waals surface area contributed by atoms with Crippen molar-refractivity contribution in [2.45, 2.75) is 0 Å². The maximum Gasteiger partial charge on any atom is 0.335 e. The maximum atomic E-state index is 12.6. The highest BCUT2D eigenvalue weighted by Gasteiger charge is 2.14. The van der Waals surface area contributed by atoms with Crippen LogP contribution in [0.3, 0.4) is 0 Å². The molecule has 0 bridgehead atoms. The molecule has 3 aromatic carbocycles. The topological polar surface area (TPSA) is 84.9 Å². The van der Waals surface area contributed by atoms with Gasteiger partial charge in [-0.2, -0.15) is 0 Å². The number of carbonyl (C=O) groups excluding carboxylic acids is 1. The summed E-state index contributed by atoms with van der Waals surface area (Å²) >= 11 is 0.